The van der Waals surface area contributed by atoms with Crippen LogP contribution in [0.25, 0.3) is 0 Å². The van der Waals surface area contributed by atoms with E-state index in [2.05, 4.69) is 0 Å². The molecule has 0 aromatic carbocycles. The summed E-state index contributed by atoms with van der Waals surface area (Å²) in [6.07, 6.45) is 21.4. The molecule has 21 heavy (non-hydrogen) atoms. The fraction of sp³-hybridized carbons (Fsp3) is 0.722. The number of hydrogen-bond acceptors (Lipinski definition) is 2. The smallest absolute Gasteiger partial charge is 0.328 e. The number of aliphatic hydroxyl groups excluding tert-OH is 1. The summed E-state index contributed by atoms with van der Waals surface area (Å²) in [5.74, 6) is -0.895. The van der Waals surface area contributed by atoms with Crippen LogP contribution in [0, 0.1) is 0 Å². The number of hydrogen-bond donors (Lipinski definition) is 2. The molecular weight excluding hydrogens is 264 g/mol. The molecule has 2 N–H and O–H groups in total. The molecule has 3 heteroatoms. The second kappa shape index (κ2) is 17.0. The van der Waals surface area contributed by atoms with E-state index < -0.39 is 5.97 Å². The van der Waals surface area contributed by atoms with Crippen molar-refractivity contribution in [2.24, 2.45) is 0 Å². The van der Waals surface area contributed by atoms with Gasteiger partial charge in [-0.05, 0) is 19.3 Å². The minimum atomic E-state index is -0.895. The van der Waals surface area contributed by atoms with Gasteiger partial charge in [0, 0.05) is 12.7 Å². The molecule has 0 saturated heterocycles. The molecule has 0 fully saturated rings. The number of aliphatic hydroxyl groups is 1. The lowest BCUT2D eigenvalue weighted by Crippen LogP contribution is -1.84. The SMILES string of the molecule is O=C(O)C=CC=CCCCCCCCCCCCCCO. The minimum absolute atomic E-state index is 0.338. The zero-order valence-corrected chi connectivity index (χ0v) is 13.3. The van der Waals surface area contributed by atoms with Crippen molar-refractivity contribution in [3.05, 3.63) is 24.3 Å². The summed E-state index contributed by atoms with van der Waals surface area (Å²) in [4.78, 5) is 10.2. The fourth-order valence-corrected chi connectivity index (χ4v) is 2.28. The Morgan fingerprint density at radius 3 is 1.67 bits per heavy atom. The van der Waals surface area contributed by atoms with Gasteiger partial charge in [-0.25, -0.2) is 4.79 Å². The Balaban J connectivity index is 3.10. The van der Waals surface area contributed by atoms with Gasteiger partial charge in [-0.1, -0.05) is 76.0 Å². The Hall–Kier alpha value is -1.09. The lowest BCUT2D eigenvalue weighted by molar-refractivity contribution is -0.131. The summed E-state index contributed by atoms with van der Waals surface area (Å²) in [5, 5.41) is 17.1. The molecule has 0 aliphatic rings. The second-order valence-electron chi connectivity index (χ2n) is 5.53. The van der Waals surface area contributed by atoms with Crippen molar-refractivity contribution in [1.29, 1.82) is 0 Å². The van der Waals surface area contributed by atoms with Gasteiger partial charge in [0.2, 0.25) is 0 Å². The molecule has 0 unspecified atom stereocenters. The van der Waals surface area contributed by atoms with E-state index in [0.29, 0.717) is 6.61 Å². The first-order valence-electron chi connectivity index (χ1n) is 8.44. The molecule has 0 aliphatic heterocycles. The van der Waals surface area contributed by atoms with E-state index in [0.717, 1.165) is 18.9 Å². The summed E-state index contributed by atoms with van der Waals surface area (Å²) in [6, 6.07) is 0. The molecule has 0 amide bonds. The highest BCUT2D eigenvalue weighted by Crippen LogP contribution is 2.12. The van der Waals surface area contributed by atoms with E-state index in [4.69, 9.17) is 10.2 Å². The predicted octanol–water partition coefficient (Wildman–Crippen LogP) is 4.86. The molecule has 0 rings (SSSR count). The third-order valence-corrected chi connectivity index (χ3v) is 3.51. The summed E-state index contributed by atoms with van der Waals surface area (Å²) in [7, 11) is 0. The van der Waals surface area contributed by atoms with Crippen LogP contribution in [0.15, 0.2) is 24.3 Å². The van der Waals surface area contributed by atoms with Gasteiger partial charge in [0.15, 0.2) is 0 Å². The maximum atomic E-state index is 10.2. The first-order valence-corrected chi connectivity index (χ1v) is 8.44. The van der Waals surface area contributed by atoms with Crippen molar-refractivity contribution >= 4 is 5.97 Å². The normalized spacial score (nSPS) is 11.7. The molecule has 0 spiro atoms. The van der Waals surface area contributed by atoms with Crippen LogP contribution in [-0.4, -0.2) is 22.8 Å². The number of carboxylic acid groups (broad SMARTS) is 1. The van der Waals surface area contributed by atoms with Crippen LogP contribution in [0.1, 0.15) is 77.0 Å². The first kappa shape index (κ1) is 19.9. The molecule has 122 valence electrons. The Labute approximate surface area is 129 Å². The fourth-order valence-electron chi connectivity index (χ4n) is 2.28. The first-order chi connectivity index (χ1) is 10.3. The van der Waals surface area contributed by atoms with Crippen molar-refractivity contribution in [2.45, 2.75) is 77.0 Å². The van der Waals surface area contributed by atoms with E-state index in [1.54, 1.807) is 6.08 Å². The van der Waals surface area contributed by atoms with Crippen LogP contribution >= 0.6 is 0 Å². The number of aliphatic carboxylic acids is 1. The number of carbonyl (C=O) groups is 1. The topological polar surface area (TPSA) is 57.5 Å². The number of unbranched alkanes of at least 4 members (excludes halogenated alkanes) is 11. The van der Waals surface area contributed by atoms with Crippen molar-refractivity contribution in [3.8, 4) is 0 Å². The summed E-state index contributed by atoms with van der Waals surface area (Å²) < 4.78 is 0. The number of carboxylic acids is 1. The van der Waals surface area contributed by atoms with Gasteiger partial charge in [0.1, 0.15) is 0 Å². The van der Waals surface area contributed by atoms with Gasteiger partial charge < -0.3 is 10.2 Å². The lowest BCUT2D eigenvalue weighted by Gasteiger charge is -2.02. The predicted molar refractivity (Wildman–Crippen MR) is 88.4 cm³/mol. The maximum Gasteiger partial charge on any atom is 0.328 e. The van der Waals surface area contributed by atoms with Crippen molar-refractivity contribution in [1.82, 2.24) is 0 Å². The number of allylic oxidation sites excluding steroid dienone is 3. The maximum absolute atomic E-state index is 10.2. The van der Waals surface area contributed by atoms with E-state index in [-0.39, 0.29) is 0 Å². The third kappa shape index (κ3) is 18.9. The molecule has 0 bridgehead atoms. The summed E-state index contributed by atoms with van der Waals surface area (Å²) in [5.41, 5.74) is 0. The monoisotopic (exact) mass is 296 g/mol. The average molecular weight is 296 g/mol. The van der Waals surface area contributed by atoms with Gasteiger partial charge in [0.25, 0.3) is 0 Å². The van der Waals surface area contributed by atoms with E-state index in [1.165, 1.54) is 64.2 Å². The Morgan fingerprint density at radius 2 is 1.19 bits per heavy atom. The highest BCUT2D eigenvalue weighted by atomic mass is 16.4. The van der Waals surface area contributed by atoms with Crippen molar-refractivity contribution in [3.63, 3.8) is 0 Å². The minimum Gasteiger partial charge on any atom is -0.478 e. The van der Waals surface area contributed by atoms with Gasteiger partial charge in [-0.15, -0.1) is 0 Å². The van der Waals surface area contributed by atoms with Gasteiger partial charge in [0.05, 0.1) is 0 Å². The Morgan fingerprint density at radius 1 is 0.714 bits per heavy atom. The van der Waals surface area contributed by atoms with E-state index in [1.807, 2.05) is 12.2 Å². The largest absolute Gasteiger partial charge is 0.478 e. The lowest BCUT2D eigenvalue weighted by atomic mass is 10.1. The third-order valence-electron chi connectivity index (χ3n) is 3.51. The molecular formula is C18H32O3. The van der Waals surface area contributed by atoms with Crippen LogP contribution in [0.3, 0.4) is 0 Å². The van der Waals surface area contributed by atoms with E-state index in [9.17, 15) is 4.79 Å². The quantitative estimate of drug-likeness (QED) is 0.258. The van der Waals surface area contributed by atoms with Gasteiger partial charge >= 0.3 is 5.97 Å². The van der Waals surface area contributed by atoms with Crippen LogP contribution in [0.4, 0.5) is 0 Å². The van der Waals surface area contributed by atoms with Crippen molar-refractivity contribution in [2.75, 3.05) is 6.61 Å². The molecule has 0 aromatic rings. The highest BCUT2D eigenvalue weighted by molar-refractivity contribution is 5.80. The number of rotatable bonds is 15. The molecule has 0 radical (unpaired) electrons. The zero-order chi connectivity index (χ0) is 15.6. The van der Waals surface area contributed by atoms with Crippen molar-refractivity contribution < 1.29 is 15.0 Å². The van der Waals surface area contributed by atoms with Crippen LogP contribution in [-0.2, 0) is 4.79 Å². The molecule has 0 aliphatic carbocycles. The average Bonchev–Trinajstić information content (AvgIpc) is 2.46. The standard InChI is InChI=1S/C18H32O3/c19-17-15-13-11-9-7-5-3-1-2-4-6-8-10-12-14-16-18(20)21/h10,12,14,16,19H,1-9,11,13,15,17H2,(H,20,21). The van der Waals surface area contributed by atoms with Gasteiger partial charge in [-0.2, -0.15) is 0 Å². The Bertz CT molecular complexity index is 282. The molecule has 0 heterocycles. The second-order valence-corrected chi connectivity index (χ2v) is 5.53. The zero-order valence-electron chi connectivity index (χ0n) is 13.3. The van der Waals surface area contributed by atoms with Crippen LogP contribution in [0.2, 0.25) is 0 Å². The summed E-state index contributed by atoms with van der Waals surface area (Å²) >= 11 is 0. The molecule has 0 atom stereocenters. The van der Waals surface area contributed by atoms with E-state index >= 15 is 0 Å². The van der Waals surface area contributed by atoms with Crippen LogP contribution in [0.5, 0.6) is 0 Å². The van der Waals surface area contributed by atoms with Crippen LogP contribution < -0.4 is 0 Å². The Kier molecular flexibility index (Phi) is 16.1. The molecule has 0 aromatic heterocycles. The summed E-state index contributed by atoms with van der Waals surface area (Å²) in [6.45, 7) is 0.338. The molecule has 0 saturated carbocycles. The van der Waals surface area contributed by atoms with Gasteiger partial charge in [-0.3, -0.25) is 0 Å². The molecule has 3 nitrogen and oxygen atoms in total. The highest BCUT2D eigenvalue weighted by Gasteiger charge is 1.93.